The number of carbonyl (C=O) groups is 4. The zero-order valence-electron chi connectivity index (χ0n) is 25.5. The van der Waals surface area contributed by atoms with Gasteiger partial charge in [0, 0.05) is 6.54 Å². The predicted octanol–water partition coefficient (Wildman–Crippen LogP) is 5.09. The molecule has 9 heteroatoms. The lowest BCUT2D eigenvalue weighted by atomic mass is 9.95. The molecule has 0 saturated carbocycles. The van der Waals surface area contributed by atoms with E-state index in [0.29, 0.717) is 45.1 Å². The van der Waals surface area contributed by atoms with Crippen LogP contribution in [0.3, 0.4) is 0 Å². The van der Waals surface area contributed by atoms with Gasteiger partial charge < -0.3 is 25.4 Å². The molecule has 0 bridgehead atoms. The summed E-state index contributed by atoms with van der Waals surface area (Å²) >= 11 is 0. The zero-order chi connectivity index (χ0) is 30.6. The molecule has 3 N–H and O–H groups in total. The van der Waals surface area contributed by atoms with Gasteiger partial charge in [-0.25, -0.2) is 9.59 Å². The van der Waals surface area contributed by atoms with Crippen molar-refractivity contribution in [3.63, 3.8) is 0 Å². The lowest BCUT2D eigenvalue weighted by Crippen LogP contribution is -2.52. The molecule has 0 unspecified atom stereocenters. The van der Waals surface area contributed by atoms with Crippen molar-refractivity contribution in [1.82, 2.24) is 15.5 Å². The number of likely N-dealkylation sites (tertiary alicyclic amines) is 1. The topological polar surface area (TPSA) is 125 Å². The van der Waals surface area contributed by atoms with Gasteiger partial charge in [-0.1, -0.05) is 76.1 Å². The van der Waals surface area contributed by atoms with Crippen LogP contribution in [-0.2, 0) is 25.5 Å². The highest BCUT2D eigenvalue weighted by atomic mass is 16.6. The Hall–Kier alpha value is -3.36. The minimum Gasteiger partial charge on any atom is -0.480 e. The molecule has 1 saturated heterocycles. The maximum absolute atomic E-state index is 14.0. The molecule has 0 spiro atoms. The van der Waals surface area contributed by atoms with Crippen LogP contribution in [0.15, 0.2) is 42.5 Å². The van der Waals surface area contributed by atoms with E-state index in [9.17, 15) is 24.3 Å². The number of rotatable bonds is 14. The van der Waals surface area contributed by atoms with E-state index in [-0.39, 0.29) is 17.9 Å². The highest BCUT2D eigenvalue weighted by Gasteiger charge is 2.38. The summed E-state index contributed by atoms with van der Waals surface area (Å²) in [6, 6.07) is 7.62. The second-order valence-electron chi connectivity index (χ2n) is 12.3. The fourth-order valence-electron chi connectivity index (χ4n) is 4.98. The van der Waals surface area contributed by atoms with Gasteiger partial charge in [-0.15, -0.1) is 0 Å². The Bertz CT molecular complexity index is 1030. The third kappa shape index (κ3) is 12.0. The van der Waals surface area contributed by atoms with E-state index in [1.54, 1.807) is 25.7 Å². The summed E-state index contributed by atoms with van der Waals surface area (Å²) in [4.78, 5) is 53.0. The zero-order valence-corrected chi connectivity index (χ0v) is 25.5. The second-order valence-corrected chi connectivity index (χ2v) is 12.3. The summed E-state index contributed by atoms with van der Waals surface area (Å²) < 4.78 is 5.45. The standard InChI is InChI=1S/C32H49N3O6/c1-7-8-15-26(30(38)39)34-28(36)27-16-12-19-35(27)29(37)24(21-23-13-10-9-11-14-23)17-18-25(20-22(2)3)33-31(40)41-32(4,5)6/h9-11,13-14,17-18,22,24-27H,7-8,12,15-16,19-21H2,1-6H3,(H,33,40)(H,34,36)(H,38,39)/b18-17+/t24-,25-,26+,27+/m1/s1. The van der Waals surface area contributed by atoms with Crippen molar-refractivity contribution in [1.29, 1.82) is 0 Å². The molecule has 2 rings (SSSR count). The molecule has 0 aromatic heterocycles. The van der Waals surface area contributed by atoms with Crippen molar-refractivity contribution < 1.29 is 29.0 Å². The Morgan fingerprint density at radius 2 is 1.78 bits per heavy atom. The van der Waals surface area contributed by atoms with Crippen molar-refractivity contribution in [2.24, 2.45) is 11.8 Å². The average molecular weight is 572 g/mol. The van der Waals surface area contributed by atoms with Gasteiger partial charge in [0.15, 0.2) is 0 Å². The molecule has 0 radical (unpaired) electrons. The van der Waals surface area contributed by atoms with E-state index in [4.69, 9.17) is 4.74 Å². The number of benzene rings is 1. The summed E-state index contributed by atoms with van der Waals surface area (Å²) in [5.74, 6) is -1.98. The van der Waals surface area contributed by atoms with Crippen LogP contribution in [0.5, 0.6) is 0 Å². The van der Waals surface area contributed by atoms with E-state index in [2.05, 4.69) is 24.5 Å². The summed E-state index contributed by atoms with van der Waals surface area (Å²) in [5, 5.41) is 15.2. The van der Waals surface area contributed by atoms with Gasteiger partial charge in [-0.3, -0.25) is 9.59 Å². The van der Waals surface area contributed by atoms with Gasteiger partial charge in [-0.2, -0.15) is 0 Å². The number of aliphatic carboxylic acids is 1. The molecule has 1 fully saturated rings. The molecule has 4 atom stereocenters. The number of ether oxygens (including phenoxy) is 1. The van der Waals surface area contributed by atoms with Crippen LogP contribution in [0.1, 0.15) is 85.6 Å². The van der Waals surface area contributed by atoms with Gasteiger partial charge in [-0.05, 0) is 64.4 Å². The molecule has 228 valence electrons. The van der Waals surface area contributed by atoms with Crippen molar-refractivity contribution >= 4 is 23.9 Å². The lowest BCUT2D eigenvalue weighted by molar-refractivity contribution is -0.144. The number of carboxylic acids is 1. The average Bonchev–Trinajstić information content (AvgIpc) is 3.37. The van der Waals surface area contributed by atoms with Crippen molar-refractivity contribution in [3.05, 3.63) is 48.0 Å². The Morgan fingerprint density at radius 1 is 1.10 bits per heavy atom. The first-order chi connectivity index (χ1) is 19.3. The third-order valence-corrected chi connectivity index (χ3v) is 6.92. The fourth-order valence-corrected chi connectivity index (χ4v) is 4.98. The number of carbonyl (C=O) groups excluding carboxylic acids is 3. The molecular weight excluding hydrogens is 522 g/mol. The molecule has 1 aromatic carbocycles. The van der Waals surface area contributed by atoms with Gasteiger partial charge in [0.1, 0.15) is 17.7 Å². The third-order valence-electron chi connectivity index (χ3n) is 6.92. The highest BCUT2D eigenvalue weighted by molar-refractivity contribution is 5.92. The maximum Gasteiger partial charge on any atom is 0.408 e. The molecule has 1 aliphatic rings. The number of hydrogen-bond donors (Lipinski definition) is 3. The fraction of sp³-hybridized carbons (Fsp3) is 0.625. The Balaban J connectivity index is 2.28. The minimum absolute atomic E-state index is 0.191. The maximum atomic E-state index is 14.0. The van der Waals surface area contributed by atoms with E-state index in [1.165, 1.54) is 0 Å². The van der Waals surface area contributed by atoms with Crippen LogP contribution >= 0.6 is 0 Å². The molecule has 41 heavy (non-hydrogen) atoms. The largest absolute Gasteiger partial charge is 0.480 e. The number of nitrogens with zero attached hydrogens (tertiary/aromatic N) is 1. The molecule has 9 nitrogen and oxygen atoms in total. The number of unbranched alkanes of at least 4 members (excludes halogenated alkanes) is 1. The summed E-state index contributed by atoms with van der Waals surface area (Å²) in [6.45, 7) is 11.9. The molecule has 1 heterocycles. The lowest BCUT2D eigenvalue weighted by Gasteiger charge is -2.28. The Morgan fingerprint density at radius 3 is 2.37 bits per heavy atom. The van der Waals surface area contributed by atoms with E-state index < -0.39 is 41.6 Å². The van der Waals surface area contributed by atoms with Crippen LogP contribution < -0.4 is 10.6 Å². The van der Waals surface area contributed by atoms with Crippen LogP contribution in [0.4, 0.5) is 4.79 Å². The summed E-state index contributed by atoms with van der Waals surface area (Å²) in [5.41, 5.74) is 0.338. The van der Waals surface area contributed by atoms with E-state index >= 15 is 0 Å². The number of carboxylic acid groups (broad SMARTS) is 1. The van der Waals surface area contributed by atoms with Crippen molar-refractivity contribution in [2.45, 2.75) is 110 Å². The smallest absolute Gasteiger partial charge is 0.408 e. The van der Waals surface area contributed by atoms with Gasteiger partial charge >= 0.3 is 12.1 Å². The van der Waals surface area contributed by atoms with E-state index in [0.717, 1.165) is 12.0 Å². The normalized spacial score (nSPS) is 17.7. The van der Waals surface area contributed by atoms with Gasteiger partial charge in [0.05, 0.1) is 12.0 Å². The molecule has 0 aliphatic carbocycles. The monoisotopic (exact) mass is 571 g/mol. The highest BCUT2D eigenvalue weighted by Crippen LogP contribution is 2.24. The van der Waals surface area contributed by atoms with Gasteiger partial charge in [0.2, 0.25) is 11.8 Å². The summed E-state index contributed by atoms with van der Waals surface area (Å²) in [6.07, 6.45) is 7.24. The Labute approximate surface area is 245 Å². The quantitative estimate of drug-likeness (QED) is 0.267. The predicted molar refractivity (Wildman–Crippen MR) is 159 cm³/mol. The van der Waals surface area contributed by atoms with Crippen molar-refractivity contribution in [3.8, 4) is 0 Å². The van der Waals surface area contributed by atoms with Crippen LogP contribution in [0.2, 0.25) is 0 Å². The number of nitrogens with one attached hydrogen (secondary N) is 2. The number of hydrogen-bond acceptors (Lipinski definition) is 5. The first-order valence-corrected chi connectivity index (χ1v) is 14.9. The molecule has 1 aromatic rings. The number of alkyl carbamates (subject to hydrolysis) is 1. The van der Waals surface area contributed by atoms with Crippen LogP contribution in [0, 0.1) is 11.8 Å². The first kappa shape index (κ1) is 33.8. The summed E-state index contributed by atoms with van der Waals surface area (Å²) in [7, 11) is 0. The van der Waals surface area contributed by atoms with Gasteiger partial charge in [0.25, 0.3) is 0 Å². The van der Waals surface area contributed by atoms with Crippen molar-refractivity contribution in [2.75, 3.05) is 6.54 Å². The van der Waals surface area contributed by atoms with Crippen LogP contribution in [0.25, 0.3) is 0 Å². The SMILES string of the molecule is CCCC[C@H](NC(=O)[C@@H]1CCCN1C(=O)[C@H](/C=C/[C@H](CC(C)C)NC(=O)OC(C)(C)C)Cc1ccccc1)C(=O)O. The molecule has 3 amide bonds. The number of amides is 3. The molecule has 1 aliphatic heterocycles. The van der Waals surface area contributed by atoms with Crippen LogP contribution in [-0.4, -0.2) is 64.2 Å². The van der Waals surface area contributed by atoms with E-state index in [1.807, 2.05) is 49.4 Å². The minimum atomic E-state index is -1.07. The first-order valence-electron chi connectivity index (χ1n) is 14.9. The second kappa shape index (κ2) is 16.2. The molecular formula is C32H49N3O6. The Kier molecular flexibility index (Phi) is 13.4.